The number of esters is 1. The Kier molecular flexibility index (Phi) is 6.39. The molecule has 130 valence electrons. The number of ketones is 1. The van der Waals surface area contributed by atoms with Gasteiger partial charge in [-0.05, 0) is 20.8 Å². The number of nitro groups is 1. The van der Waals surface area contributed by atoms with Crippen LogP contribution in [0.15, 0.2) is 24.3 Å². The first-order valence-electron chi connectivity index (χ1n) is 6.98. The number of nitrogens with one attached hydrogen (secondary N) is 1. The number of non-ortho nitro benzene ring substituents is 1. The highest BCUT2D eigenvalue weighted by molar-refractivity contribution is 5.98. The number of ether oxygens (including phenoxy) is 2. The largest absolute Gasteiger partial charge is 0.456 e. The average molecular weight is 338 g/mol. The predicted molar refractivity (Wildman–Crippen MR) is 82.6 cm³/mol. The monoisotopic (exact) mass is 338 g/mol. The maximum absolute atomic E-state index is 11.8. The average Bonchev–Trinajstić information content (AvgIpc) is 2.49. The number of carbonyl (C=O) groups excluding carboxylic acids is 3. The predicted octanol–water partition coefficient (Wildman–Crippen LogP) is 1.85. The van der Waals surface area contributed by atoms with Gasteiger partial charge in [-0.3, -0.25) is 19.7 Å². The lowest BCUT2D eigenvalue weighted by Crippen LogP contribution is -2.36. The molecule has 0 fully saturated rings. The molecule has 0 aliphatic carbocycles. The van der Waals surface area contributed by atoms with Gasteiger partial charge < -0.3 is 14.8 Å². The molecule has 0 saturated heterocycles. The van der Waals surface area contributed by atoms with E-state index < -0.39 is 41.5 Å². The Morgan fingerprint density at radius 1 is 1.25 bits per heavy atom. The number of benzene rings is 1. The number of amides is 1. The number of nitrogens with zero attached hydrogens (tertiary/aromatic N) is 1. The van der Waals surface area contributed by atoms with Crippen molar-refractivity contribution in [3.05, 3.63) is 39.9 Å². The number of nitro benzene ring substituents is 1. The zero-order valence-electron chi connectivity index (χ0n) is 13.5. The van der Waals surface area contributed by atoms with Gasteiger partial charge in [0.2, 0.25) is 5.78 Å². The third-order valence-electron chi connectivity index (χ3n) is 2.52. The topological polar surface area (TPSA) is 125 Å². The van der Waals surface area contributed by atoms with Crippen LogP contribution in [0.3, 0.4) is 0 Å². The van der Waals surface area contributed by atoms with Crippen LogP contribution in [0.2, 0.25) is 0 Å². The second-order valence-corrected chi connectivity index (χ2v) is 5.75. The summed E-state index contributed by atoms with van der Waals surface area (Å²) in [4.78, 5) is 44.7. The van der Waals surface area contributed by atoms with Crippen molar-refractivity contribution in [3.63, 3.8) is 0 Å². The Bertz CT molecular complexity index is 649. The van der Waals surface area contributed by atoms with Crippen LogP contribution in [-0.4, -0.2) is 41.5 Å². The smallest absolute Gasteiger partial charge is 0.408 e. The molecule has 0 unspecified atom stereocenters. The first kappa shape index (κ1) is 19.1. The lowest BCUT2D eigenvalue weighted by Gasteiger charge is -2.19. The fraction of sp³-hybridized carbons (Fsp3) is 0.400. The van der Waals surface area contributed by atoms with Crippen LogP contribution in [-0.2, 0) is 14.3 Å². The van der Waals surface area contributed by atoms with Crippen molar-refractivity contribution >= 4 is 23.5 Å². The highest BCUT2D eigenvalue weighted by Gasteiger charge is 2.18. The molecule has 0 radical (unpaired) electrons. The second kappa shape index (κ2) is 8.04. The molecule has 1 N–H and O–H groups in total. The van der Waals surface area contributed by atoms with Crippen LogP contribution in [0.5, 0.6) is 0 Å². The number of rotatable bonds is 6. The van der Waals surface area contributed by atoms with Crippen LogP contribution in [0.4, 0.5) is 10.5 Å². The standard InChI is InChI=1S/C15H18N2O7/c1-15(2,3)24-14(20)16-8-13(19)23-9-12(18)10-5-4-6-11(7-10)17(21)22/h4-7H,8-9H2,1-3H3,(H,16,20). The van der Waals surface area contributed by atoms with Crippen molar-refractivity contribution in [1.82, 2.24) is 5.32 Å². The first-order chi connectivity index (χ1) is 11.1. The highest BCUT2D eigenvalue weighted by atomic mass is 16.6. The molecule has 24 heavy (non-hydrogen) atoms. The summed E-state index contributed by atoms with van der Waals surface area (Å²) in [5.74, 6) is -1.43. The molecule has 1 amide bonds. The number of Topliss-reactive ketones (excluding diaryl/α,β-unsaturated/α-hetero) is 1. The maximum Gasteiger partial charge on any atom is 0.408 e. The molecule has 0 bridgehead atoms. The maximum atomic E-state index is 11.8. The van der Waals surface area contributed by atoms with Crippen LogP contribution >= 0.6 is 0 Å². The van der Waals surface area contributed by atoms with Crippen molar-refractivity contribution in [2.24, 2.45) is 0 Å². The molecule has 0 heterocycles. The van der Waals surface area contributed by atoms with Gasteiger partial charge in [0.15, 0.2) is 6.61 Å². The van der Waals surface area contributed by atoms with E-state index in [4.69, 9.17) is 9.47 Å². The molecule has 0 aromatic heterocycles. The van der Waals surface area contributed by atoms with E-state index in [1.807, 2.05) is 0 Å². The third-order valence-corrected chi connectivity index (χ3v) is 2.52. The molecular formula is C15H18N2O7. The van der Waals surface area contributed by atoms with Crippen LogP contribution < -0.4 is 5.32 Å². The van der Waals surface area contributed by atoms with Crippen molar-refractivity contribution in [1.29, 1.82) is 0 Å². The van der Waals surface area contributed by atoms with Gasteiger partial charge in [-0.1, -0.05) is 12.1 Å². The van der Waals surface area contributed by atoms with Gasteiger partial charge in [0.25, 0.3) is 5.69 Å². The van der Waals surface area contributed by atoms with E-state index in [0.29, 0.717) is 0 Å². The quantitative estimate of drug-likeness (QED) is 0.363. The Morgan fingerprint density at radius 3 is 2.50 bits per heavy atom. The Hall–Kier alpha value is -2.97. The van der Waals surface area contributed by atoms with Crippen LogP contribution in [0, 0.1) is 10.1 Å². The van der Waals surface area contributed by atoms with Crippen molar-refractivity contribution in [2.75, 3.05) is 13.2 Å². The Morgan fingerprint density at radius 2 is 1.92 bits per heavy atom. The van der Waals surface area contributed by atoms with Gasteiger partial charge in [-0.15, -0.1) is 0 Å². The van der Waals surface area contributed by atoms with Gasteiger partial charge in [0.05, 0.1) is 4.92 Å². The van der Waals surface area contributed by atoms with Crippen LogP contribution in [0.1, 0.15) is 31.1 Å². The summed E-state index contributed by atoms with van der Waals surface area (Å²) in [6.45, 7) is 3.96. The minimum atomic E-state index is -0.834. The van der Waals surface area contributed by atoms with E-state index in [1.165, 1.54) is 18.2 Å². The Balaban J connectivity index is 2.44. The van der Waals surface area contributed by atoms with E-state index >= 15 is 0 Å². The summed E-state index contributed by atoms with van der Waals surface area (Å²) >= 11 is 0. The molecule has 9 heteroatoms. The SMILES string of the molecule is CC(C)(C)OC(=O)NCC(=O)OCC(=O)c1cccc([N+](=O)[O-])c1. The van der Waals surface area contributed by atoms with Crippen molar-refractivity contribution in [2.45, 2.75) is 26.4 Å². The lowest BCUT2D eigenvalue weighted by atomic mass is 10.1. The lowest BCUT2D eigenvalue weighted by molar-refractivity contribution is -0.384. The fourth-order valence-electron chi connectivity index (χ4n) is 1.53. The number of carbonyl (C=O) groups is 3. The third kappa shape index (κ3) is 6.86. The molecule has 0 aliphatic rings. The molecule has 0 aliphatic heterocycles. The highest BCUT2D eigenvalue weighted by Crippen LogP contribution is 2.13. The minimum Gasteiger partial charge on any atom is -0.456 e. The zero-order chi connectivity index (χ0) is 18.3. The summed E-state index contributed by atoms with van der Waals surface area (Å²) in [7, 11) is 0. The summed E-state index contributed by atoms with van der Waals surface area (Å²) in [6, 6.07) is 5.07. The molecular weight excluding hydrogens is 320 g/mol. The van der Waals surface area contributed by atoms with E-state index in [9.17, 15) is 24.5 Å². The molecule has 0 atom stereocenters. The van der Waals surface area contributed by atoms with Gasteiger partial charge >= 0.3 is 12.1 Å². The fourth-order valence-corrected chi connectivity index (χ4v) is 1.53. The van der Waals surface area contributed by atoms with Gasteiger partial charge in [0.1, 0.15) is 12.1 Å². The summed E-state index contributed by atoms with van der Waals surface area (Å²) < 4.78 is 9.64. The molecule has 1 aromatic rings. The van der Waals surface area contributed by atoms with Crippen molar-refractivity contribution < 1.29 is 28.8 Å². The molecule has 0 saturated carbocycles. The summed E-state index contributed by atoms with van der Waals surface area (Å²) in [6.07, 6.45) is -0.788. The minimum absolute atomic E-state index is 0.0529. The van der Waals surface area contributed by atoms with E-state index in [1.54, 1.807) is 20.8 Å². The molecule has 1 rings (SSSR count). The first-order valence-corrected chi connectivity index (χ1v) is 6.98. The Labute approximate surface area is 138 Å². The van der Waals surface area contributed by atoms with Crippen molar-refractivity contribution in [3.8, 4) is 0 Å². The van der Waals surface area contributed by atoms with Gasteiger partial charge in [-0.2, -0.15) is 0 Å². The summed E-state index contributed by atoms with van der Waals surface area (Å²) in [5.41, 5.74) is -0.887. The van der Waals surface area contributed by atoms with E-state index in [0.717, 1.165) is 6.07 Å². The van der Waals surface area contributed by atoms with Gasteiger partial charge in [0, 0.05) is 17.7 Å². The van der Waals surface area contributed by atoms with E-state index in [-0.39, 0.29) is 11.3 Å². The second-order valence-electron chi connectivity index (χ2n) is 5.75. The normalized spacial score (nSPS) is 10.6. The van der Waals surface area contributed by atoms with E-state index in [2.05, 4.69) is 5.32 Å². The van der Waals surface area contributed by atoms with Crippen LogP contribution in [0.25, 0.3) is 0 Å². The molecule has 9 nitrogen and oxygen atoms in total. The zero-order valence-corrected chi connectivity index (χ0v) is 13.5. The number of hydrogen-bond donors (Lipinski definition) is 1. The van der Waals surface area contributed by atoms with Gasteiger partial charge in [-0.25, -0.2) is 4.79 Å². The molecule has 1 aromatic carbocycles. The summed E-state index contributed by atoms with van der Waals surface area (Å²) in [5, 5.41) is 12.8. The number of alkyl carbamates (subject to hydrolysis) is 1. The molecule has 0 spiro atoms. The number of hydrogen-bond acceptors (Lipinski definition) is 7.